The maximum atomic E-state index is 13.9. The summed E-state index contributed by atoms with van der Waals surface area (Å²) in [6.45, 7) is 8.16. The highest BCUT2D eigenvalue weighted by atomic mass is 35.5. The van der Waals surface area contributed by atoms with Crippen LogP contribution in [0.15, 0.2) is 12.1 Å². The summed E-state index contributed by atoms with van der Waals surface area (Å²) in [5.74, 6) is 0.0276. The number of halogens is 2. The molecule has 0 saturated carbocycles. The Balaban J connectivity index is 3.21. The molecule has 0 unspecified atom stereocenters. The van der Waals surface area contributed by atoms with Gasteiger partial charge in [0.15, 0.2) is 0 Å². The average molecular weight is 231 g/mol. The summed E-state index contributed by atoms with van der Waals surface area (Å²) in [5.41, 5.74) is 0.356. The molecule has 0 aliphatic carbocycles. The fourth-order valence-electron chi connectivity index (χ4n) is 1.38. The standard InChI is InChI=1S/C12H16ClFO/c1-5-15-9-7-6-8(12(2,3)4)11(14)10(9)13/h6-7H,5H2,1-4H3. The Bertz CT molecular complexity index is 355. The van der Waals surface area contributed by atoms with Crippen LogP contribution in [-0.2, 0) is 5.41 Å². The summed E-state index contributed by atoms with van der Waals surface area (Å²) in [7, 11) is 0. The molecular weight excluding hydrogens is 215 g/mol. The van der Waals surface area contributed by atoms with Gasteiger partial charge in [-0.2, -0.15) is 0 Å². The molecule has 0 N–H and O–H groups in total. The Hall–Kier alpha value is -0.760. The lowest BCUT2D eigenvalue weighted by atomic mass is 9.86. The Morgan fingerprint density at radius 2 is 1.93 bits per heavy atom. The molecule has 1 nitrogen and oxygen atoms in total. The van der Waals surface area contributed by atoms with Gasteiger partial charge in [0.05, 0.1) is 6.61 Å². The highest BCUT2D eigenvalue weighted by Crippen LogP contribution is 2.34. The van der Waals surface area contributed by atoms with Gasteiger partial charge in [-0.15, -0.1) is 0 Å². The molecule has 0 amide bonds. The van der Waals surface area contributed by atoms with E-state index in [1.807, 2.05) is 27.7 Å². The molecule has 84 valence electrons. The summed E-state index contributed by atoms with van der Waals surface area (Å²) in [6.07, 6.45) is 0. The molecule has 0 atom stereocenters. The molecule has 3 heteroatoms. The zero-order valence-electron chi connectivity index (χ0n) is 9.53. The van der Waals surface area contributed by atoms with Crippen LogP contribution in [0.4, 0.5) is 4.39 Å². The number of hydrogen-bond acceptors (Lipinski definition) is 1. The van der Waals surface area contributed by atoms with Gasteiger partial charge in [0.2, 0.25) is 0 Å². The van der Waals surface area contributed by atoms with Crippen LogP contribution in [0.25, 0.3) is 0 Å². The van der Waals surface area contributed by atoms with Crippen LogP contribution < -0.4 is 4.74 Å². The highest BCUT2D eigenvalue weighted by Gasteiger charge is 2.22. The van der Waals surface area contributed by atoms with E-state index >= 15 is 0 Å². The highest BCUT2D eigenvalue weighted by molar-refractivity contribution is 6.32. The van der Waals surface area contributed by atoms with Gasteiger partial charge in [0.1, 0.15) is 16.6 Å². The molecule has 0 aliphatic heterocycles. The Kier molecular flexibility index (Phi) is 3.61. The first-order chi connectivity index (χ1) is 6.88. The molecular formula is C12H16ClFO. The second-order valence-electron chi connectivity index (χ2n) is 4.42. The van der Waals surface area contributed by atoms with Gasteiger partial charge in [-0.3, -0.25) is 0 Å². The van der Waals surface area contributed by atoms with E-state index in [2.05, 4.69) is 0 Å². The summed E-state index contributed by atoms with van der Waals surface area (Å²) < 4.78 is 19.1. The van der Waals surface area contributed by atoms with Crippen LogP contribution >= 0.6 is 11.6 Å². The third-order valence-electron chi connectivity index (χ3n) is 2.15. The van der Waals surface area contributed by atoms with Crippen LogP contribution in [0.1, 0.15) is 33.3 Å². The molecule has 15 heavy (non-hydrogen) atoms. The van der Waals surface area contributed by atoms with Crippen molar-refractivity contribution in [1.82, 2.24) is 0 Å². The van der Waals surface area contributed by atoms with Crippen molar-refractivity contribution in [3.63, 3.8) is 0 Å². The molecule has 0 radical (unpaired) electrons. The minimum atomic E-state index is -0.380. The Morgan fingerprint density at radius 3 is 2.40 bits per heavy atom. The molecule has 0 heterocycles. The average Bonchev–Trinajstić information content (AvgIpc) is 2.11. The van der Waals surface area contributed by atoms with E-state index in [0.29, 0.717) is 17.9 Å². The van der Waals surface area contributed by atoms with Crippen molar-refractivity contribution in [3.8, 4) is 5.75 Å². The van der Waals surface area contributed by atoms with Crippen molar-refractivity contribution in [2.24, 2.45) is 0 Å². The maximum Gasteiger partial charge on any atom is 0.149 e. The molecule has 0 bridgehead atoms. The van der Waals surface area contributed by atoms with Gasteiger partial charge in [0.25, 0.3) is 0 Å². The quantitative estimate of drug-likeness (QED) is 0.741. The molecule has 1 aromatic rings. The molecule has 0 aromatic heterocycles. The van der Waals surface area contributed by atoms with E-state index in [0.717, 1.165) is 0 Å². The SMILES string of the molecule is CCOc1ccc(C(C)(C)C)c(F)c1Cl. The van der Waals surface area contributed by atoms with Gasteiger partial charge in [-0.05, 0) is 24.0 Å². The molecule has 0 saturated heterocycles. The van der Waals surface area contributed by atoms with Crippen molar-refractivity contribution in [1.29, 1.82) is 0 Å². The normalized spacial score (nSPS) is 11.6. The van der Waals surface area contributed by atoms with E-state index in [4.69, 9.17) is 16.3 Å². The molecule has 1 aromatic carbocycles. The minimum absolute atomic E-state index is 0.0734. The monoisotopic (exact) mass is 230 g/mol. The Morgan fingerprint density at radius 1 is 1.33 bits per heavy atom. The van der Waals surface area contributed by atoms with Gasteiger partial charge >= 0.3 is 0 Å². The molecule has 0 fully saturated rings. The van der Waals surface area contributed by atoms with Gasteiger partial charge in [-0.25, -0.2) is 4.39 Å². The predicted molar refractivity (Wildman–Crippen MR) is 61.3 cm³/mol. The Labute approximate surface area is 95.2 Å². The van der Waals surface area contributed by atoms with E-state index in [9.17, 15) is 4.39 Å². The van der Waals surface area contributed by atoms with Crippen LogP contribution in [0.3, 0.4) is 0 Å². The zero-order valence-corrected chi connectivity index (χ0v) is 10.3. The van der Waals surface area contributed by atoms with Crippen molar-refractivity contribution in [2.75, 3.05) is 6.61 Å². The maximum absolute atomic E-state index is 13.9. The van der Waals surface area contributed by atoms with Gasteiger partial charge in [-0.1, -0.05) is 38.4 Å². The second-order valence-corrected chi connectivity index (χ2v) is 4.80. The summed E-state index contributed by atoms with van der Waals surface area (Å²) in [4.78, 5) is 0. The van der Waals surface area contributed by atoms with E-state index in [1.54, 1.807) is 12.1 Å². The van der Waals surface area contributed by atoms with Crippen molar-refractivity contribution in [2.45, 2.75) is 33.1 Å². The van der Waals surface area contributed by atoms with E-state index < -0.39 is 0 Å². The van der Waals surface area contributed by atoms with Crippen LogP contribution in [-0.4, -0.2) is 6.61 Å². The van der Waals surface area contributed by atoms with E-state index in [1.165, 1.54) is 0 Å². The summed E-state index contributed by atoms with van der Waals surface area (Å²) in [6, 6.07) is 3.45. The summed E-state index contributed by atoms with van der Waals surface area (Å²) >= 11 is 5.88. The molecule has 0 spiro atoms. The first-order valence-corrected chi connectivity index (χ1v) is 5.37. The van der Waals surface area contributed by atoms with Crippen molar-refractivity contribution < 1.29 is 9.13 Å². The fraction of sp³-hybridized carbons (Fsp3) is 0.500. The lowest BCUT2D eigenvalue weighted by Gasteiger charge is -2.21. The summed E-state index contributed by atoms with van der Waals surface area (Å²) in [5, 5.41) is 0.0734. The third-order valence-corrected chi connectivity index (χ3v) is 2.51. The van der Waals surface area contributed by atoms with Crippen LogP contribution in [0.2, 0.25) is 5.02 Å². The fourth-order valence-corrected chi connectivity index (χ4v) is 1.60. The van der Waals surface area contributed by atoms with Crippen molar-refractivity contribution >= 4 is 11.6 Å². The second kappa shape index (κ2) is 4.40. The third kappa shape index (κ3) is 2.63. The predicted octanol–water partition coefficient (Wildman–Crippen LogP) is 4.18. The first kappa shape index (κ1) is 12.3. The molecule has 0 aliphatic rings. The van der Waals surface area contributed by atoms with Crippen LogP contribution in [0.5, 0.6) is 5.75 Å². The van der Waals surface area contributed by atoms with Crippen LogP contribution in [0, 0.1) is 5.82 Å². The largest absolute Gasteiger partial charge is 0.492 e. The lowest BCUT2D eigenvalue weighted by molar-refractivity contribution is 0.337. The number of rotatable bonds is 2. The van der Waals surface area contributed by atoms with E-state index in [-0.39, 0.29) is 16.3 Å². The number of benzene rings is 1. The molecule has 1 rings (SSSR count). The van der Waals surface area contributed by atoms with Gasteiger partial charge < -0.3 is 4.74 Å². The van der Waals surface area contributed by atoms with Crippen molar-refractivity contribution in [3.05, 3.63) is 28.5 Å². The topological polar surface area (TPSA) is 9.23 Å². The number of hydrogen-bond donors (Lipinski definition) is 0. The zero-order chi connectivity index (χ0) is 11.6. The number of ether oxygens (including phenoxy) is 1. The lowest BCUT2D eigenvalue weighted by Crippen LogP contribution is -2.14. The smallest absolute Gasteiger partial charge is 0.149 e. The first-order valence-electron chi connectivity index (χ1n) is 4.99. The van der Waals surface area contributed by atoms with Gasteiger partial charge in [0, 0.05) is 0 Å². The minimum Gasteiger partial charge on any atom is -0.492 e.